The number of nitrogens with zero attached hydrogens (tertiary/aromatic N) is 2. The van der Waals surface area contributed by atoms with Gasteiger partial charge in [0.15, 0.2) is 11.5 Å². The maximum atomic E-state index is 12.2. The van der Waals surface area contributed by atoms with Crippen LogP contribution in [0.3, 0.4) is 0 Å². The Morgan fingerprint density at radius 3 is 2.21 bits per heavy atom. The van der Waals surface area contributed by atoms with E-state index in [4.69, 9.17) is 9.47 Å². The first-order chi connectivity index (χ1) is 11.3. The number of amides is 4. The minimum Gasteiger partial charge on any atom is -0.492 e. The van der Waals surface area contributed by atoms with Gasteiger partial charge in [-0.05, 0) is 46.6 Å². The molecule has 1 aliphatic heterocycles. The van der Waals surface area contributed by atoms with Crippen LogP contribution in [-0.4, -0.2) is 55.5 Å². The van der Waals surface area contributed by atoms with E-state index < -0.39 is 17.8 Å². The highest BCUT2D eigenvalue weighted by molar-refractivity contribution is 9.10. The van der Waals surface area contributed by atoms with E-state index in [1.165, 1.54) is 27.3 Å². The van der Waals surface area contributed by atoms with Crippen LogP contribution in [0, 0.1) is 0 Å². The molecule has 0 bridgehead atoms. The van der Waals surface area contributed by atoms with Crippen molar-refractivity contribution in [3.8, 4) is 11.5 Å². The van der Waals surface area contributed by atoms with E-state index >= 15 is 0 Å². The van der Waals surface area contributed by atoms with Crippen molar-refractivity contribution >= 4 is 39.9 Å². The van der Waals surface area contributed by atoms with Crippen molar-refractivity contribution in [2.24, 2.45) is 0 Å². The number of rotatable bonds is 4. The van der Waals surface area contributed by atoms with Gasteiger partial charge >= 0.3 is 6.03 Å². The lowest BCUT2D eigenvalue weighted by molar-refractivity contribution is -0.134. The van der Waals surface area contributed by atoms with Gasteiger partial charge in [-0.3, -0.25) is 19.4 Å². The summed E-state index contributed by atoms with van der Waals surface area (Å²) in [7, 11) is 4.18. The number of benzene rings is 1. The molecule has 7 nitrogen and oxygen atoms in total. The van der Waals surface area contributed by atoms with Crippen molar-refractivity contribution in [1.82, 2.24) is 9.80 Å². The summed E-state index contributed by atoms with van der Waals surface area (Å²) in [6.07, 6.45) is 1.43. The van der Waals surface area contributed by atoms with E-state index in [0.29, 0.717) is 28.1 Å². The Hall–Kier alpha value is -2.35. The van der Waals surface area contributed by atoms with Gasteiger partial charge < -0.3 is 9.47 Å². The van der Waals surface area contributed by atoms with E-state index in [1.54, 1.807) is 12.1 Å². The average molecular weight is 397 g/mol. The number of urea groups is 1. The number of halogens is 1. The van der Waals surface area contributed by atoms with Crippen LogP contribution < -0.4 is 9.47 Å². The first-order valence-electron chi connectivity index (χ1n) is 7.13. The molecule has 4 amide bonds. The monoisotopic (exact) mass is 396 g/mol. The van der Waals surface area contributed by atoms with Crippen molar-refractivity contribution in [3.05, 3.63) is 27.7 Å². The number of methoxy groups -OCH3 is 1. The van der Waals surface area contributed by atoms with Crippen molar-refractivity contribution < 1.29 is 23.9 Å². The normalized spacial score (nSPS) is 15.0. The van der Waals surface area contributed by atoms with E-state index in [9.17, 15) is 14.4 Å². The van der Waals surface area contributed by atoms with Gasteiger partial charge in [-0.2, -0.15) is 0 Å². The smallest absolute Gasteiger partial charge is 0.333 e. The fraction of sp³-hybridized carbons (Fsp3) is 0.312. The van der Waals surface area contributed by atoms with Crippen LogP contribution in [0.25, 0.3) is 6.08 Å². The summed E-state index contributed by atoms with van der Waals surface area (Å²) in [5, 5.41) is 0. The predicted molar refractivity (Wildman–Crippen MR) is 90.8 cm³/mol. The van der Waals surface area contributed by atoms with Crippen LogP contribution in [0.2, 0.25) is 0 Å². The van der Waals surface area contributed by atoms with E-state index in [2.05, 4.69) is 15.9 Å². The SMILES string of the molecule is CCOc1cc(C=C2C(=O)N(C)C(=O)N(C)C2=O)cc(Br)c1OC. The summed E-state index contributed by atoms with van der Waals surface area (Å²) in [5.41, 5.74) is 0.470. The molecule has 1 aromatic rings. The number of carbonyl (C=O) groups is 3. The third-order valence-corrected chi connectivity index (χ3v) is 4.08. The fourth-order valence-electron chi connectivity index (χ4n) is 2.27. The molecule has 24 heavy (non-hydrogen) atoms. The molecule has 2 rings (SSSR count). The molecular formula is C16H17BrN2O5. The number of hydrogen-bond donors (Lipinski definition) is 0. The molecule has 1 saturated heterocycles. The third kappa shape index (κ3) is 3.14. The van der Waals surface area contributed by atoms with Crippen LogP contribution in [0.5, 0.6) is 11.5 Å². The molecule has 0 radical (unpaired) electrons. The average Bonchev–Trinajstić information content (AvgIpc) is 2.55. The van der Waals surface area contributed by atoms with Crippen molar-refractivity contribution in [1.29, 1.82) is 0 Å². The number of barbiturate groups is 1. The quantitative estimate of drug-likeness (QED) is 0.576. The Labute approximate surface area is 147 Å². The molecule has 0 aromatic heterocycles. The second kappa shape index (κ2) is 7.04. The first-order valence-corrected chi connectivity index (χ1v) is 7.93. The summed E-state index contributed by atoms with van der Waals surface area (Å²) < 4.78 is 11.4. The molecule has 0 saturated carbocycles. The van der Waals surface area contributed by atoms with Crippen LogP contribution in [0.15, 0.2) is 22.2 Å². The number of hydrogen-bond acceptors (Lipinski definition) is 5. The Bertz CT molecular complexity index is 718. The van der Waals surface area contributed by atoms with Gasteiger partial charge in [0, 0.05) is 14.1 Å². The van der Waals surface area contributed by atoms with Crippen LogP contribution >= 0.6 is 15.9 Å². The summed E-state index contributed by atoms with van der Waals surface area (Å²) in [5.74, 6) is -0.291. The number of likely N-dealkylation sites (N-methyl/N-ethyl adjacent to an activating group) is 2. The van der Waals surface area contributed by atoms with Gasteiger partial charge in [0.05, 0.1) is 18.2 Å². The highest BCUT2D eigenvalue weighted by Gasteiger charge is 2.37. The Kier molecular flexibility index (Phi) is 5.28. The topological polar surface area (TPSA) is 76.2 Å². The zero-order chi connectivity index (χ0) is 18.0. The minimum absolute atomic E-state index is 0.0980. The van der Waals surface area contributed by atoms with Crippen LogP contribution in [-0.2, 0) is 9.59 Å². The van der Waals surface area contributed by atoms with Crippen LogP contribution in [0.4, 0.5) is 4.79 Å². The van der Waals surface area contributed by atoms with Gasteiger partial charge in [-0.25, -0.2) is 4.79 Å². The lowest BCUT2D eigenvalue weighted by Gasteiger charge is -2.28. The van der Waals surface area contributed by atoms with Gasteiger partial charge in [-0.15, -0.1) is 0 Å². The molecule has 1 fully saturated rings. The molecule has 0 aliphatic carbocycles. The molecule has 8 heteroatoms. The molecule has 0 atom stereocenters. The van der Waals surface area contributed by atoms with Crippen molar-refractivity contribution in [2.75, 3.05) is 27.8 Å². The Morgan fingerprint density at radius 1 is 1.12 bits per heavy atom. The molecule has 128 valence electrons. The lowest BCUT2D eigenvalue weighted by atomic mass is 10.1. The number of carbonyl (C=O) groups excluding carboxylic acids is 3. The van der Waals surface area contributed by atoms with Gasteiger partial charge in [0.25, 0.3) is 11.8 Å². The molecule has 1 heterocycles. The maximum Gasteiger partial charge on any atom is 0.333 e. The Morgan fingerprint density at radius 2 is 1.71 bits per heavy atom. The third-order valence-electron chi connectivity index (χ3n) is 3.49. The summed E-state index contributed by atoms with van der Waals surface area (Å²) in [6.45, 7) is 2.27. The second-order valence-corrected chi connectivity index (χ2v) is 5.89. The summed E-state index contributed by atoms with van der Waals surface area (Å²) in [4.78, 5) is 38.0. The second-order valence-electron chi connectivity index (χ2n) is 5.04. The number of ether oxygens (including phenoxy) is 2. The largest absolute Gasteiger partial charge is 0.492 e. The highest BCUT2D eigenvalue weighted by atomic mass is 79.9. The first kappa shape index (κ1) is 18.0. The minimum atomic E-state index is -0.659. The zero-order valence-corrected chi connectivity index (χ0v) is 15.3. The Balaban J connectivity index is 2.52. The predicted octanol–water partition coefficient (Wildman–Crippen LogP) is 2.29. The van der Waals surface area contributed by atoms with E-state index in [0.717, 1.165) is 9.80 Å². The maximum absolute atomic E-state index is 12.2. The van der Waals surface area contributed by atoms with Gasteiger partial charge in [-0.1, -0.05) is 0 Å². The van der Waals surface area contributed by atoms with Crippen molar-refractivity contribution in [3.63, 3.8) is 0 Å². The zero-order valence-electron chi connectivity index (χ0n) is 13.8. The number of imide groups is 2. The highest BCUT2D eigenvalue weighted by Crippen LogP contribution is 2.37. The molecular weight excluding hydrogens is 380 g/mol. The summed E-state index contributed by atoms with van der Waals surface area (Å²) >= 11 is 3.38. The molecule has 1 aromatic carbocycles. The molecule has 0 N–H and O–H groups in total. The van der Waals surface area contributed by atoms with E-state index in [1.807, 2.05) is 6.92 Å². The molecule has 0 spiro atoms. The van der Waals surface area contributed by atoms with Gasteiger partial charge in [0.2, 0.25) is 0 Å². The van der Waals surface area contributed by atoms with Crippen molar-refractivity contribution in [2.45, 2.75) is 6.92 Å². The van der Waals surface area contributed by atoms with Crippen LogP contribution in [0.1, 0.15) is 12.5 Å². The molecule has 1 aliphatic rings. The molecule has 0 unspecified atom stereocenters. The fourth-order valence-corrected chi connectivity index (χ4v) is 2.90. The van der Waals surface area contributed by atoms with Gasteiger partial charge in [0.1, 0.15) is 5.57 Å². The standard InChI is InChI=1S/C16H17BrN2O5/c1-5-24-12-8-9(7-11(17)13(12)23-4)6-10-14(20)18(2)16(22)19(3)15(10)21/h6-8H,5H2,1-4H3. The van der Waals surface area contributed by atoms with E-state index in [-0.39, 0.29) is 5.57 Å². The summed E-state index contributed by atoms with van der Waals surface area (Å²) in [6, 6.07) is 2.70. The lowest BCUT2D eigenvalue weighted by Crippen LogP contribution is -2.52.